The number of hydrogen-bond donors (Lipinski definition) is 1. The van der Waals surface area contributed by atoms with Gasteiger partial charge in [0.05, 0.1) is 10.8 Å². The number of carbonyl (C=O) groups excluding carboxylic acids is 1. The number of carbonyl (C=O) groups is 1. The van der Waals surface area contributed by atoms with Crippen molar-refractivity contribution in [2.45, 2.75) is 62.3 Å². The van der Waals surface area contributed by atoms with Gasteiger partial charge in [-0.3, -0.25) is 4.79 Å². The fourth-order valence-corrected chi connectivity index (χ4v) is 5.72. The lowest BCUT2D eigenvalue weighted by atomic mass is 9.97. The summed E-state index contributed by atoms with van der Waals surface area (Å²) in [6.07, 6.45) is 8.29. The maximum Gasteiger partial charge on any atom is 0.243 e. The van der Waals surface area contributed by atoms with Crippen molar-refractivity contribution in [1.82, 2.24) is 9.62 Å². The summed E-state index contributed by atoms with van der Waals surface area (Å²) in [6, 6.07) is 6.54. The van der Waals surface area contributed by atoms with Gasteiger partial charge < -0.3 is 5.32 Å². The first-order valence-electron chi connectivity index (χ1n) is 9.53. The number of rotatable bonds is 4. The molecular weight excluding hydrogens is 372 g/mol. The van der Waals surface area contributed by atoms with Crippen LogP contribution in [0.1, 0.15) is 51.4 Å². The molecule has 1 heterocycles. The van der Waals surface area contributed by atoms with Gasteiger partial charge in [-0.05, 0) is 43.9 Å². The molecule has 144 valence electrons. The summed E-state index contributed by atoms with van der Waals surface area (Å²) in [5.74, 6) is -0.274. The third-order valence-corrected chi connectivity index (χ3v) is 7.49. The highest BCUT2D eigenvalue weighted by molar-refractivity contribution is 7.89. The van der Waals surface area contributed by atoms with Crippen molar-refractivity contribution in [1.29, 1.82) is 0 Å². The van der Waals surface area contributed by atoms with E-state index >= 15 is 0 Å². The Bertz CT molecular complexity index is 730. The minimum Gasteiger partial charge on any atom is -0.353 e. The van der Waals surface area contributed by atoms with Gasteiger partial charge in [0.1, 0.15) is 0 Å². The van der Waals surface area contributed by atoms with Gasteiger partial charge in [-0.15, -0.1) is 0 Å². The Morgan fingerprint density at radius 2 is 1.81 bits per heavy atom. The van der Waals surface area contributed by atoms with Gasteiger partial charge in [-0.25, -0.2) is 8.42 Å². The summed E-state index contributed by atoms with van der Waals surface area (Å²) in [4.78, 5) is 12.9. The molecule has 1 aliphatic carbocycles. The lowest BCUT2D eigenvalue weighted by molar-refractivity contribution is -0.126. The van der Waals surface area contributed by atoms with Crippen LogP contribution in [0.25, 0.3) is 0 Å². The van der Waals surface area contributed by atoms with Gasteiger partial charge in [0.2, 0.25) is 15.9 Å². The number of hydrogen-bond acceptors (Lipinski definition) is 3. The molecule has 0 spiro atoms. The number of nitrogens with one attached hydrogen (secondary N) is 1. The van der Waals surface area contributed by atoms with Crippen molar-refractivity contribution < 1.29 is 13.2 Å². The summed E-state index contributed by atoms with van der Waals surface area (Å²) in [6.45, 7) is 0.690. The molecule has 3 rings (SSSR count). The topological polar surface area (TPSA) is 66.5 Å². The van der Waals surface area contributed by atoms with Crippen molar-refractivity contribution in [2.75, 3.05) is 13.1 Å². The van der Waals surface area contributed by atoms with Crippen molar-refractivity contribution in [3.8, 4) is 0 Å². The summed E-state index contributed by atoms with van der Waals surface area (Å²) >= 11 is 5.94. The van der Waals surface area contributed by atoms with Gasteiger partial charge in [0.25, 0.3) is 0 Å². The zero-order chi connectivity index (χ0) is 18.6. The highest BCUT2D eigenvalue weighted by Crippen LogP contribution is 2.26. The average Bonchev–Trinajstić information content (AvgIpc) is 2.90. The minimum absolute atomic E-state index is 0.00268. The smallest absolute Gasteiger partial charge is 0.243 e. The number of halogens is 1. The van der Waals surface area contributed by atoms with E-state index in [1.54, 1.807) is 18.2 Å². The third kappa shape index (κ3) is 4.78. The maximum absolute atomic E-state index is 12.9. The van der Waals surface area contributed by atoms with Crippen LogP contribution < -0.4 is 5.32 Å². The highest BCUT2D eigenvalue weighted by Gasteiger charge is 2.34. The predicted molar refractivity (Wildman–Crippen MR) is 103 cm³/mol. The molecule has 2 fully saturated rings. The Hall–Kier alpha value is -1.11. The molecule has 0 bridgehead atoms. The third-order valence-electron chi connectivity index (χ3n) is 5.39. The molecule has 1 aliphatic heterocycles. The van der Waals surface area contributed by atoms with Crippen LogP contribution in [-0.2, 0) is 14.8 Å². The monoisotopic (exact) mass is 398 g/mol. The molecule has 0 unspecified atom stereocenters. The Labute approximate surface area is 161 Å². The molecule has 1 amide bonds. The Morgan fingerprint density at radius 1 is 1.08 bits per heavy atom. The predicted octanol–water partition coefficient (Wildman–Crippen LogP) is 3.58. The molecule has 2 aliphatic rings. The SMILES string of the molecule is O=C(NC1CCCCCC1)[C@H]1CCCN(S(=O)(=O)c2cccc(Cl)c2)C1. The van der Waals surface area contributed by atoms with Crippen LogP contribution in [0.3, 0.4) is 0 Å². The van der Waals surface area contributed by atoms with Crippen LogP contribution in [-0.4, -0.2) is 37.8 Å². The van der Waals surface area contributed by atoms with E-state index in [-0.39, 0.29) is 29.3 Å². The van der Waals surface area contributed by atoms with Gasteiger partial charge in [-0.2, -0.15) is 4.31 Å². The van der Waals surface area contributed by atoms with Gasteiger partial charge in [0, 0.05) is 24.2 Å². The lowest BCUT2D eigenvalue weighted by Gasteiger charge is -2.32. The van der Waals surface area contributed by atoms with E-state index in [0.717, 1.165) is 32.1 Å². The number of benzene rings is 1. The maximum atomic E-state index is 12.9. The second kappa shape index (κ2) is 8.72. The number of piperidine rings is 1. The second-order valence-electron chi connectivity index (χ2n) is 7.36. The molecule has 26 heavy (non-hydrogen) atoms. The first-order valence-corrected chi connectivity index (χ1v) is 11.3. The molecule has 0 aromatic heterocycles. The fourth-order valence-electron chi connectivity index (χ4n) is 3.89. The van der Waals surface area contributed by atoms with Crippen molar-refractivity contribution >= 4 is 27.5 Å². The van der Waals surface area contributed by atoms with E-state index in [1.807, 2.05) is 0 Å². The van der Waals surface area contributed by atoms with Crippen LogP contribution in [0.4, 0.5) is 0 Å². The van der Waals surface area contributed by atoms with E-state index < -0.39 is 10.0 Å². The molecule has 5 nitrogen and oxygen atoms in total. The summed E-state index contributed by atoms with van der Waals surface area (Å²) < 4.78 is 27.2. The minimum atomic E-state index is -3.62. The number of amides is 1. The molecule has 7 heteroatoms. The standard InChI is InChI=1S/C19H27ClN2O3S/c20-16-8-5-11-18(13-16)26(24,25)22-12-6-7-15(14-22)19(23)21-17-9-3-1-2-4-10-17/h5,8,11,13,15,17H,1-4,6-7,9-10,12,14H2,(H,21,23)/t15-/m0/s1. The van der Waals surface area contributed by atoms with Crippen LogP contribution in [0.2, 0.25) is 5.02 Å². The molecule has 1 atom stereocenters. The van der Waals surface area contributed by atoms with Crippen LogP contribution in [0, 0.1) is 5.92 Å². The molecule has 1 aromatic carbocycles. The molecule has 1 saturated carbocycles. The molecule has 1 saturated heterocycles. The fraction of sp³-hybridized carbons (Fsp3) is 0.632. The second-order valence-corrected chi connectivity index (χ2v) is 9.73. The zero-order valence-corrected chi connectivity index (χ0v) is 16.6. The average molecular weight is 399 g/mol. The van der Waals surface area contributed by atoms with Gasteiger partial charge >= 0.3 is 0 Å². The van der Waals surface area contributed by atoms with Crippen LogP contribution >= 0.6 is 11.6 Å². The highest BCUT2D eigenvalue weighted by atomic mass is 35.5. The molecule has 0 radical (unpaired) electrons. The largest absolute Gasteiger partial charge is 0.353 e. The zero-order valence-electron chi connectivity index (χ0n) is 15.0. The summed E-state index contributed by atoms with van der Waals surface area (Å²) in [5.41, 5.74) is 0. The summed E-state index contributed by atoms with van der Waals surface area (Å²) in [7, 11) is -3.62. The van der Waals surface area contributed by atoms with E-state index in [9.17, 15) is 13.2 Å². The Balaban J connectivity index is 1.65. The van der Waals surface area contributed by atoms with Crippen molar-refractivity contribution in [3.63, 3.8) is 0 Å². The van der Waals surface area contributed by atoms with E-state index in [4.69, 9.17) is 11.6 Å². The lowest BCUT2D eigenvalue weighted by Crippen LogP contribution is -2.47. The van der Waals surface area contributed by atoms with Crippen LogP contribution in [0.15, 0.2) is 29.2 Å². The normalized spacial score (nSPS) is 23.3. The van der Waals surface area contributed by atoms with E-state index in [1.165, 1.54) is 23.2 Å². The molecule has 1 N–H and O–H groups in total. The Morgan fingerprint density at radius 3 is 2.50 bits per heavy atom. The Kier molecular flexibility index (Phi) is 6.59. The van der Waals surface area contributed by atoms with E-state index in [2.05, 4.69) is 5.32 Å². The molecule has 1 aromatic rings. The quantitative estimate of drug-likeness (QED) is 0.788. The van der Waals surface area contributed by atoms with Gasteiger partial charge in [0.15, 0.2) is 0 Å². The van der Waals surface area contributed by atoms with Crippen molar-refractivity contribution in [2.24, 2.45) is 5.92 Å². The summed E-state index contributed by atoms with van der Waals surface area (Å²) in [5, 5.41) is 3.56. The van der Waals surface area contributed by atoms with Crippen molar-refractivity contribution in [3.05, 3.63) is 29.3 Å². The first kappa shape index (κ1) is 19.6. The number of sulfonamides is 1. The van der Waals surface area contributed by atoms with Crippen LogP contribution in [0.5, 0.6) is 0 Å². The van der Waals surface area contributed by atoms with E-state index in [0.29, 0.717) is 18.0 Å². The van der Waals surface area contributed by atoms with Gasteiger partial charge in [-0.1, -0.05) is 43.4 Å². The molecular formula is C19H27ClN2O3S. The number of nitrogens with zero attached hydrogens (tertiary/aromatic N) is 1. The first-order chi connectivity index (χ1) is 12.5.